The maximum absolute atomic E-state index is 12.2. The lowest BCUT2D eigenvalue weighted by Crippen LogP contribution is -2.25. The van der Waals surface area contributed by atoms with Crippen LogP contribution in [0.4, 0.5) is 0 Å². The van der Waals surface area contributed by atoms with Gasteiger partial charge in [-0.1, -0.05) is 26.0 Å². The van der Waals surface area contributed by atoms with Crippen LogP contribution in [0.15, 0.2) is 12.2 Å². The fourth-order valence-corrected chi connectivity index (χ4v) is 3.58. The van der Waals surface area contributed by atoms with Crippen LogP contribution in [0.25, 0.3) is 0 Å². The van der Waals surface area contributed by atoms with Crippen LogP contribution in [0, 0.1) is 17.8 Å². The summed E-state index contributed by atoms with van der Waals surface area (Å²) < 4.78 is 17.2. The Morgan fingerprint density at radius 3 is 2.87 bits per heavy atom. The van der Waals surface area contributed by atoms with Crippen LogP contribution >= 0.6 is 0 Å². The number of ketones is 1. The average molecular weight is 322 g/mol. The van der Waals surface area contributed by atoms with Gasteiger partial charge in [-0.3, -0.25) is 4.79 Å². The van der Waals surface area contributed by atoms with Gasteiger partial charge in [0.2, 0.25) is 0 Å². The van der Waals surface area contributed by atoms with E-state index in [-0.39, 0.29) is 24.3 Å². The van der Waals surface area contributed by atoms with E-state index in [1.807, 2.05) is 0 Å². The van der Waals surface area contributed by atoms with E-state index in [2.05, 4.69) is 26.0 Å². The van der Waals surface area contributed by atoms with Crippen molar-refractivity contribution in [2.45, 2.75) is 70.9 Å². The molecule has 5 unspecified atom stereocenters. The maximum atomic E-state index is 12.2. The number of rotatable bonds is 4. The molecule has 0 aromatic heterocycles. The summed E-state index contributed by atoms with van der Waals surface area (Å²) in [5.41, 5.74) is 0. The summed E-state index contributed by atoms with van der Waals surface area (Å²) in [5, 5.41) is 0. The van der Waals surface area contributed by atoms with Crippen LogP contribution in [0.1, 0.15) is 52.4 Å². The summed E-state index contributed by atoms with van der Waals surface area (Å²) in [5.74, 6) is 1.61. The first-order chi connectivity index (χ1) is 11.1. The van der Waals surface area contributed by atoms with Crippen LogP contribution in [0.2, 0.25) is 0 Å². The minimum absolute atomic E-state index is 0.0500. The topological polar surface area (TPSA) is 48.1 Å². The Morgan fingerprint density at radius 1 is 1.26 bits per heavy atom. The van der Waals surface area contributed by atoms with Crippen LogP contribution < -0.4 is 0 Å². The van der Waals surface area contributed by atoms with Crippen LogP contribution in [-0.2, 0) is 19.0 Å². The Labute approximate surface area is 139 Å². The molecule has 0 spiro atoms. The number of fused-ring (bicyclic) bond motifs is 1. The zero-order valence-electron chi connectivity index (χ0n) is 14.4. The Morgan fingerprint density at radius 2 is 2.13 bits per heavy atom. The molecule has 5 atom stereocenters. The summed E-state index contributed by atoms with van der Waals surface area (Å²) >= 11 is 0. The predicted molar refractivity (Wildman–Crippen MR) is 88.0 cm³/mol. The largest absolute Gasteiger partial charge is 0.361 e. The fraction of sp³-hybridized carbons (Fsp3) is 0.842. The van der Waals surface area contributed by atoms with Gasteiger partial charge in [0.05, 0.1) is 12.7 Å². The van der Waals surface area contributed by atoms with Gasteiger partial charge >= 0.3 is 0 Å². The highest BCUT2D eigenvalue weighted by molar-refractivity contribution is 5.85. The second-order valence-corrected chi connectivity index (χ2v) is 7.52. The molecule has 0 saturated carbocycles. The molecule has 130 valence electrons. The zero-order chi connectivity index (χ0) is 16.2. The molecule has 0 aromatic carbocycles. The van der Waals surface area contributed by atoms with Gasteiger partial charge in [-0.15, -0.1) is 0 Å². The SMILES string of the molecule is CC(C)C1C=CC(COC2CCCCO2)CC2OC2C(=O)CC1. The molecule has 0 amide bonds. The lowest BCUT2D eigenvalue weighted by atomic mass is 9.86. The Balaban J connectivity index is 1.59. The van der Waals surface area contributed by atoms with E-state index in [1.165, 1.54) is 6.42 Å². The molecule has 3 aliphatic rings. The third-order valence-electron chi connectivity index (χ3n) is 5.28. The van der Waals surface area contributed by atoms with Gasteiger partial charge in [-0.05, 0) is 43.9 Å². The van der Waals surface area contributed by atoms with Crippen molar-refractivity contribution < 1.29 is 19.0 Å². The van der Waals surface area contributed by atoms with E-state index in [0.717, 1.165) is 32.3 Å². The minimum atomic E-state index is -0.150. The predicted octanol–water partition coefficient (Wildman–Crippen LogP) is 3.49. The highest BCUT2D eigenvalue weighted by atomic mass is 16.7. The van der Waals surface area contributed by atoms with Crippen molar-refractivity contribution in [2.24, 2.45) is 17.8 Å². The van der Waals surface area contributed by atoms with Crippen molar-refractivity contribution in [3.05, 3.63) is 12.2 Å². The van der Waals surface area contributed by atoms with E-state index in [0.29, 0.717) is 30.8 Å². The van der Waals surface area contributed by atoms with Crippen molar-refractivity contribution in [3.8, 4) is 0 Å². The molecule has 2 fully saturated rings. The number of ether oxygens (including phenoxy) is 3. The first kappa shape index (κ1) is 17.1. The number of Topliss-reactive ketones (excluding diaryl/α,β-unsaturated/α-hetero) is 1. The standard InChI is InChI=1S/C19H30O4/c1-13(2)15-7-6-14(12-22-18-5-3-4-10-21-18)11-17-19(23-17)16(20)9-8-15/h6-7,13-15,17-19H,3-5,8-12H2,1-2H3. The van der Waals surface area contributed by atoms with Crippen molar-refractivity contribution in [3.63, 3.8) is 0 Å². The lowest BCUT2D eigenvalue weighted by molar-refractivity contribution is -0.167. The number of carbonyl (C=O) groups excluding carboxylic acids is 1. The molecule has 0 radical (unpaired) electrons. The molecule has 4 heteroatoms. The number of epoxide rings is 1. The van der Waals surface area contributed by atoms with Gasteiger partial charge in [0, 0.05) is 18.9 Å². The number of hydrogen-bond acceptors (Lipinski definition) is 4. The fourth-order valence-electron chi connectivity index (χ4n) is 3.58. The van der Waals surface area contributed by atoms with Gasteiger partial charge in [0.25, 0.3) is 0 Å². The Kier molecular flexibility index (Phi) is 5.89. The molecule has 0 aromatic rings. The van der Waals surface area contributed by atoms with Crippen LogP contribution in [0.5, 0.6) is 0 Å². The molecule has 23 heavy (non-hydrogen) atoms. The first-order valence-corrected chi connectivity index (χ1v) is 9.23. The van der Waals surface area contributed by atoms with Crippen molar-refractivity contribution in [1.82, 2.24) is 0 Å². The number of allylic oxidation sites excluding steroid dienone is 1. The third kappa shape index (κ3) is 4.88. The molecule has 1 aliphatic carbocycles. The molecule has 2 aliphatic heterocycles. The van der Waals surface area contributed by atoms with Crippen LogP contribution in [-0.4, -0.2) is 37.5 Å². The Bertz CT molecular complexity index is 425. The smallest absolute Gasteiger partial charge is 0.164 e. The molecule has 3 rings (SSSR count). The maximum Gasteiger partial charge on any atom is 0.164 e. The third-order valence-corrected chi connectivity index (χ3v) is 5.28. The molecule has 2 saturated heterocycles. The second kappa shape index (κ2) is 7.91. The van der Waals surface area contributed by atoms with E-state index < -0.39 is 0 Å². The van der Waals surface area contributed by atoms with Gasteiger partial charge in [0.1, 0.15) is 6.10 Å². The van der Waals surface area contributed by atoms with E-state index >= 15 is 0 Å². The molecule has 2 heterocycles. The molecule has 0 bridgehead atoms. The molecular weight excluding hydrogens is 292 g/mol. The number of carbonyl (C=O) groups is 1. The zero-order valence-corrected chi connectivity index (χ0v) is 14.4. The summed E-state index contributed by atoms with van der Waals surface area (Å²) in [7, 11) is 0. The first-order valence-electron chi connectivity index (χ1n) is 9.23. The van der Waals surface area contributed by atoms with E-state index in [1.54, 1.807) is 0 Å². The summed E-state index contributed by atoms with van der Waals surface area (Å²) in [6.45, 7) is 5.92. The summed E-state index contributed by atoms with van der Waals surface area (Å²) in [6, 6.07) is 0. The van der Waals surface area contributed by atoms with E-state index in [9.17, 15) is 4.79 Å². The van der Waals surface area contributed by atoms with Gasteiger partial charge < -0.3 is 14.2 Å². The number of hydrogen-bond donors (Lipinski definition) is 0. The highest BCUT2D eigenvalue weighted by Gasteiger charge is 2.45. The van der Waals surface area contributed by atoms with E-state index in [4.69, 9.17) is 14.2 Å². The normalized spacial score (nSPS) is 38.4. The van der Waals surface area contributed by atoms with Gasteiger partial charge in [-0.25, -0.2) is 0 Å². The minimum Gasteiger partial charge on any atom is -0.361 e. The monoisotopic (exact) mass is 322 g/mol. The Hall–Kier alpha value is -0.710. The van der Waals surface area contributed by atoms with Gasteiger partial charge in [-0.2, -0.15) is 0 Å². The van der Waals surface area contributed by atoms with Crippen LogP contribution in [0.3, 0.4) is 0 Å². The summed E-state index contributed by atoms with van der Waals surface area (Å²) in [6.07, 6.45) is 10.3. The summed E-state index contributed by atoms with van der Waals surface area (Å²) in [4.78, 5) is 12.2. The van der Waals surface area contributed by atoms with Crippen molar-refractivity contribution >= 4 is 5.78 Å². The molecule has 4 nitrogen and oxygen atoms in total. The highest BCUT2D eigenvalue weighted by Crippen LogP contribution is 2.34. The molecular formula is C19H30O4. The van der Waals surface area contributed by atoms with Crippen molar-refractivity contribution in [1.29, 1.82) is 0 Å². The quantitative estimate of drug-likeness (QED) is 0.587. The average Bonchev–Trinajstić information content (AvgIpc) is 3.31. The van der Waals surface area contributed by atoms with Gasteiger partial charge in [0.15, 0.2) is 12.1 Å². The lowest BCUT2D eigenvalue weighted by Gasteiger charge is -2.25. The second-order valence-electron chi connectivity index (χ2n) is 7.52. The van der Waals surface area contributed by atoms with Crippen molar-refractivity contribution in [2.75, 3.05) is 13.2 Å². The molecule has 0 N–H and O–H groups in total.